The summed E-state index contributed by atoms with van der Waals surface area (Å²) in [7, 11) is 0. The van der Waals surface area contributed by atoms with Crippen molar-refractivity contribution in [2.24, 2.45) is 5.92 Å². The molecule has 1 nitrogen and oxygen atoms in total. The van der Waals surface area contributed by atoms with Gasteiger partial charge in [0.05, 0.1) is 0 Å². The summed E-state index contributed by atoms with van der Waals surface area (Å²) in [5.74, 6) is 0.582. The predicted octanol–water partition coefficient (Wildman–Crippen LogP) is 2.58. The van der Waals surface area contributed by atoms with Crippen molar-refractivity contribution in [2.45, 2.75) is 31.6 Å². The van der Waals surface area contributed by atoms with E-state index in [1.807, 2.05) is 24.3 Å². The third-order valence-corrected chi connectivity index (χ3v) is 3.33. The highest BCUT2D eigenvalue weighted by Gasteiger charge is 2.39. The second kappa shape index (κ2) is 3.06. The van der Waals surface area contributed by atoms with Gasteiger partial charge in [0.25, 0.3) is 0 Å². The zero-order valence-corrected chi connectivity index (χ0v) is 8.04. The number of rotatable bonds is 1. The summed E-state index contributed by atoms with van der Waals surface area (Å²) in [6, 6.07) is 7.92. The first-order chi connectivity index (χ1) is 6.86. The molecule has 0 amide bonds. The van der Waals surface area contributed by atoms with Crippen LogP contribution in [0.2, 0.25) is 0 Å². The van der Waals surface area contributed by atoms with Gasteiger partial charge in [0, 0.05) is 12.6 Å². The van der Waals surface area contributed by atoms with E-state index in [0.29, 0.717) is 5.92 Å². The van der Waals surface area contributed by atoms with Crippen molar-refractivity contribution in [1.82, 2.24) is 5.32 Å². The lowest BCUT2D eigenvalue weighted by Crippen LogP contribution is -2.39. The van der Waals surface area contributed by atoms with Gasteiger partial charge in [-0.2, -0.15) is 0 Å². The number of fused-ring (bicyclic) bond motifs is 1. The number of alkyl halides is 1. The average Bonchev–Trinajstić information content (AvgIpc) is 3.03. The van der Waals surface area contributed by atoms with Crippen LogP contribution in [0.1, 0.15) is 30.1 Å². The van der Waals surface area contributed by atoms with Crippen LogP contribution in [0, 0.1) is 5.92 Å². The van der Waals surface area contributed by atoms with Gasteiger partial charge in [0.15, 0.2) is 0 Å². The molecule has 74 valence electrons. The van der Waals surface area contributed by atoms with Gasteiger partial charge in [-0.05, 0) is 29.9 Å². The zero-order chi connectivity index (χ0) is 9.54. The first kappa shape index (κ1) is 8.42. The second-order valence-corrected chi connectivity index (χ2v) is 4.34. The summed E-state index contributed by atoms with van der Waals surface area (Å²) in [6.07, 6.45) is 1.59. The molecule has 1 N–H and O–H groups in total. The van der Waals surface area contributed by atoms with Gasteiger partial charge in [-0.1, -0.05) is 24.3 Å². The molecule has 0 bridgehead atoms. The quantitative estimate of drug-likeness (QED) is 0.719. The molecule has 0 unspecified atom stereocenters. The monoisotopic (exact) mass is 191 g/mol. The maximum absolute atomic E-state index is 14.1. The SMILES string of the molecule is F[C@@H]1c2ccccc2CN[C@@H]1C1CC1. The molecule has 1 aromatic carbocycles. The van der Waals surface area contributed by atoms with Crippen molar-refractivity contribution in [1.29, 1.82) is 0 Å². The highest BCUT2D eigenvalue weighted by Crippen LogP contribution is 2.42. The van der Waals surface area contributed by atoms with Crippen LogP contribution >= 0.6 is 0 Å². The minimum atomic E-state index is -0.799. The molecule has 0 radical (unpaired) electrons. The van der Waals surface area contributed by atoms with Crippen LogP contribution in [0.25, 0.3) is 0 Å². The Morgan fingerprint density at radius 2 is 2.00 bits per heavy atom. The molecule has 1 aromatic rings. The van der Waals surface area contributed by atoms with Gasteiger partial charge in [-0.15, -0.1) is 0 Å². The lowest BCUT2D eigenvalue weighted by Gasteiger charge is -2.29. The minimum absolute atomic E-state index is 0.0740. The van der Waals surface area contributed by atoms with Crippen molar-refractivity contribution in [3.8, 4) is 0 Å². The molecule has 1 heterocycles. The van der Waals surface area contributed by atoms with E-state index in [1.54, 1.807) is 0 Å². The summed E-state index contributed by atoms with van der Waals surface area (Å²) < 4.78 is 14.1. The van der Waals surface area contributed by atoms with Crippen molar-refractivity contribution >= 4 is 0 Å². The molecule has 2 heteroatoms. The van der Waals surface area contributed by atoms with E-state index in [9.17, 15) is 4.39 Å². The van der Waals surface area contributed by atoms with Crippen LogP contribution in [0.3, 0.4) is 0 Å². The Bertz CT molecular complexity index is 346. The molecule has 1 aliphatic heterocycles. The fourth-order valence-corrected chi connectivity index (χ4v) is 2.35. The number of nitrogens with one attached hydrogen (secondary N) is 1. The van der Waals surface area contributed by atoms with Gasteiger partial charge in [-0.25, -0.2) is 4.39 Å². The highest BCUT2D eigenvalue weighted by molar-refractivity contribution is 5.32. The number of halogens is 1. The van der Waals surface area contributed by atoms with Crippen molar-refractivity contribution in [2.75, 3.05) is 0 Å². The van der Waals surface area contributed by atoms with Gasteiger partial charge < -0.3 is 5.32 Å². The van der Waals surface area contributed by atoms with E-state index in [1.165, 1.54) is 12.8 Å². The Kier molecular flexibility index (Phi) is 1.84. The van der Waals surface area contributed by atoms with E-state index >= 15 is 0 Å². The van der Waals surface area contributed by atoms with Crippen molar-refractivity contribution in [3.05, 3.63) is 35.4 Å². The molecule has 1 saturated carbocycles. The van der Waals surface area contributed by atoms with E-state index in [-0.39, 0.29) is 6.04 Å². The molecular weight excluding hydrogens is 177 g/mol. The molecule has 0 saturated heterocycles. The van der Waals surface area contributed by atoms with Gasteiger partial charge in [-0.3, -0.25) is 0 Å². The Morgan fingerprint density at radius 1 is 1.21 bits per heavy atom. The standard InChI is InChI=1S/C12H14FN/c13-11-10-4-2-1-3-9(10)7-14-12(11)8-5-6-8/h1-4,8,11-12,14H,5-7H2/t11-,12-/m1/s1. The Morgan fingerprint density at radius 3 is 2.79 bits per heavy atom. The fraction of sp³-hybridized carbons (Fsp3) is 0.500. The van der Waals surface area contributed by atoms with Crippen LogP contribution in [-0.4, -0.2) is 6.04 Å². The summed E-state index contributed by atoms with van der Waals surface area (Å²) in [6.45, 7) is 0.831. The highest BCUT2D eigenvalue weighted by atomic mass is 19.1. The van der Waals surface area contributed by atoms with Crippen LogP contribution < -0.4 is 5.32 Å². The molecule has 1 fully saturated rings. The summed E-state index contributed by atoms with van der Waals surface area (Å²) in [5.41, 5.74) is 2.03. The molecular formula is C12H14FN. The van der Waals surface area contributed by atoms with Crippen LogP contribution in [-0.2, 0) is 6.54 Å². The lowest BCUT2D eigenvalue weighted by molar-refractivity contribution is 0.215. The van der Waals surface area contributed by atoms with Gasteiger partial charge in [0.1, 0.15) is 6.17 Å². The van der Waals surface area contributed by atoms with E-state index in [4.69, 9.17) is 0 Å². The van der Waals surface area contributed by atoms with Gasteiger partial charge >= 0.3 is 0 Å². The first-order valence-electron chi connectivity index (χ1n) is 5.31. The van der Waals surface area contributed by atoms with E-state index in [0.717, 1.165) is 17.7 Å². The maximum Gasteiger partial charge on any atom is 0.141 e. The van der Waals surface area contributed by atoms with Crippen molar-refractivity contribution < 1.29 is 4.39 Å². The summed E-state index contributed by atoms with van der Waals surface area (Å²) in [4.78, 5) is 0. The summed E-state index contributed by atoms with van der Waals surface area (Å²) >= 11 is 0. The molecule has 2 atom stereocenters. The lowest BCUT2D eigenvalue weighted by atomic mass is 9.92. The van der Waals surface area contributed by atoms with E-state index < -0.39 is 6.17 Å². The maximum atomic E-state index is 14.1. The number of hydrogen-bond acceptors (Lipinski definition) is 1. The number of benzene rings is 1. The molecule has 0 spiro atoms. The molecule has 0 aromatic heterocycles. The minimum Gasteiger partial charge on any atom is -0.307 e. The van der Waals surface area contributed by atoms with Crippen LogP contribution in [0.15, 0.2) is 24.3 Å². The largest absolute Gasteiger partial charge is 0.307 e. The summed E-state index contributed by atoms with van der Waals surface area (Å²) in [5, 5.41) is 3.31. The van der Waals surface area contributed by atoms with Crippen LogP contribution in [0.4, 0.5) is 4.39 Å². The Labute approximate surface area is 83.3 Å². The average molecular weight is 191 g/mol. The Hall–Kier alpha value is -0.890. The number of hydrogen-bond donors (Lipinski definition) is 1. The molecule has 2 aliphatic rings. The third kappa shape index (κ3) is 1.25. The van der Waals surface area contributed by atoms with Crippen LogP contribution in [0.5, 0.6) is 0 Å². The molecule has 14 heavy (non-hydrogen) atoms. The Balaban J connectivity index is 1.94. The molecule has 1 aliphatic carbocycles. The zero-order valence-electron chi connectivity index (χ0n) is 8.04. The van der Waals surface area contributed by atoms with Crippen molar-refractivity contribution in [3.63, 3.8) is 0 Å². The normalized spacial score (nSPS) is 31.2. The molecule has 3 rings (SSSR count). The third-order valence-electron chi connectivity index (χ3n) is 3.33. The van der Waals surface area contributed by atoms with Gasteiger partial charge in [0.2, 0.25) is 0 Å². The predicted molar refractivity (Wildman–Crippen MR) is 53.6 cm³/mol. The second-order valence-electron chi connectivity index (χ2n) is 4.34. The smallest absolute Gasteiger partial charge is 0.141 e. The van der Waals surface area contributed by atoms with E-state index in [2.05, 4.69) is 5.32 Å². The first-order valence-corrected chi connectivity index (χ1v) is 5.31. The fourth-order valence-electron chi connectivity index (χ4n) is 2.35. The topological polar surface area (TPSA) is 12.0 Å².